The Morgan fingerprint density at radius 1 is 1.73 bits per heavy atom. The molecule has 1 aromatic heterocycles. The van der Waals surface area contributed by atoms with Crippen molar-refractivity contribution in [1.82, 2.24) is 9.78 Å². The zero-order valence-electron chi connectivity index (χ0n) is 7.52. The van der Waals surface area contributed by atoms with Crippen molar-refractivity contribution in [2.75, 3.05) is 0 Å². The zero-order chi connectivity index (χ0) is 11.6. The maximum Gasteiger partial charge on any atom is 0.255 e. The van der Waals surface area contributed by atoms with Crippen LogP contribution in [0, 0.1) is 0 Å². The number of aryl methyl sites for hydroxylation is 1. The molecule has 0 radical (unpaired) electrons. The Labute approximate surface area is 84.2 Å². The molecule has 0 unspecified atom stereocenters. The van der Waals surface area contributed by atoms with Gasteiger partial charge in [0.05, 0.1) is 11.8 Å². The lowest BCUT2D eigenvalue weighted by Gasteiger charge is -1.99. The highest BCUT2D eigenvalue weighted by atomic mass is 32.2. The first-order chi connectivity index (χ1) is 6.88. The highest BCUT2D eigenvalue weighted by Gasteiger charge is 2.23. The fourth-order valence-electron chi connectivity index (χ4n) is 1.00. The molecule has 0 aromatic carbocycles. The molecule has 0 saturated heterocycles. The first kappa shape index (κ1) is 11.2. The van der Waals surface area contributed by atoms with E-state index in [0.717, 1.165) is 10.9 Å². The fourth-order valence-corrected chi connectivity index (χ4v) is 1.87. The van der Waals surface area contributed by atoms with Gasteiger partial charge in [0.15, 0.2) is 5.03 Å². The first-order valence-corrected chi connectivity index (χ1v) is 5.06. The summed E-state index contributed by atoms with van der Waals surface area (Å²) in [5.74, 6) is -1.05. The molecule has 0 bridgehead atoms. The van der Waals surface area contributed by atoms with Crippen LogP contribution in [0.5, 0.6) is 0 Å². The van der Waals surface area contributed by atoms with E-state index < -0.39 is 21.0 Å². The van der Waals surface area contributed by atoms with E-state index in [1.54, 1.807) is 0 Å². The van der Waals surface area contributed by atoms with E-state index in [0.29, 0.717) is 0 Å². The van der Waals surface area contributed by atoms with Crippen LogP contribution in [0.2, 0.25) is 0 Å². The molecule has 80 valence electrons. The Hall–Kier alpha value is -1.90. The predicted molar refractivity (Wildman–Crippen MR) is 48.1 cm³/mol. The smallest absolute Gasteiger partial charge is 0.255 e. The Balaban J connectivity index is 3.46. The monoisotopic (exact) mass is 230 g/mol. The molecule has 1 heterocycles. The minimum Gasteiger partial charge on any atom is -0.287 e. The van der Waals surface area contributed by atoms with E-state index in [9.17, 15) is 13.2 Å². The molecule has 2 N–H and O–H groups in total. The van der Waals surface area contributed by atoms with Gasteiger partial charge in [-0.3, -0.25) is 9.48 Å². The normalized spacial score (nSPS) is 10.8. The second-order valence-electron chi connectivity index (χ2n) is 2.53. The molecule has 15 heavy (non-hydrogen) atoms. The average molecular weight is 230 g/mol. The van der Waals surface area contributed by atoms with Crippen LogP contribution in [-0.2, 0) is 17.1 Å². The SMILES string of the molecule is Cn1ncc(C(=O)N=[N+]=[N-])c1S(N)(=O)=O. The van der Waals surface area contributed by atoms with Crippen molar-refractivity contribution in [3.05, 3.63) is 22.2 Å². The Morgan fingerprint density at radius 3 is 2.80 bits per heavy atom. The minimum absolute atomic E-state index is 0.349. The number of nitrogens with zero attached hydrogens (tertiary/aromatic N) is 5. The number of azide groups is 1. The Kier molecular flexibility index (Phi) is 2.75. The van der Waals surface area contributed by atoms with Gasteiger partial charge in [0.2, 0.25) is 0 Å². The minimum atomic E-state index is -4.09. The van der Waals surface area contributed by atoms with Crippen LogP contribution < -0.4 is 5.14 Å². The summed E-state index contributed by atoms with van der Waals surface area (Å²) >= 11 is 0. The third kappa shape index (κ3) is 2.13. The number of amides is 1. The number of primary sulfonamides is 1. The van der Waals surface area contributed by atoms with Crippen molar-refractivity contribution in [2.45, 2.75) is 5.03 Å². The van der Waals surface area contributed by atoms with Gasteiger partial charge in [0, 0.05) is 12.0 Å². The number of carbonyl (C=O) groups is 1. The molecule has 10 heteroatoms. The van der Waals surface area contributed by atoms with Crippen molar-refractivity contribution in [3.63, 3.8) is 0 Å². The molecule has 9 nitrogen and oxygen atoms in total. The molecule has 0 fully saturated rings. The van der Waals surface area contributed by atoms with Crippen molar-refractivity contribution < 1.29 is 13.2 Å². The molecule has 0 saturated carbocycles. The molecule has 1 rings (SSSR count). The van der Waals surface area contributed by atoms with Crippen molar-refractivity contribution in [1.29, 1.82) is 0 Å². The highest BCUT2D eigenvalue weighted by molar-refractivity contribution is 7.89. The van der Waals surface area contributed by atoms with Crippen molar-refractivity contribution >= 4 is 15.9 Å². The Morgan fingerprint density at radius 2 is 2.33 bits per heavy atom. The summed E-state index contributed by atoms with van der Waals surface area (Å²) in [5, 5.41) is 10.7. The molecule has 0 aliphatic carbocycles. The summed E-state index contributed by atoms with van der Waals surface area (Å²) in [6.07, 6.45) is 0.969. The van der Waals surface area contributed by atoms with Crippen molar-refractivity contribution in [3.8, 4) is 0 Å². The third-order valence-electron chi connectivity index (χ3n) is 1.52. The first-order valence-electron chi connectivity index (χ1n) is 3.52. The van der Waals surface area contributed by atoms with Gasteiger partial charge in [-0.15, -0.1) is 0 Å². The second-order valence-corrected chi connectivity index (χ2v) is 4.00. The molecule has 0 aliphatic heterocycles. The van der Waals surface area contributed by atoms with Gasteiger partial charge in [-0.2, -0.15) is 5.10 Å². The van der Waals surface area contributed by atoms with Gasteiger partial charge in [-0.05, 0) is 10.6 Å². The number of hydrogen-bond acceptors (Lipinski definition) is 4. The van der Waals surface area contributed by atoms with Gasteiger partial charge in [-0.1, -0.05) is 0 Å². The lowest BCUT2D eigenvalue weighted by atomic mass is 10.3. The number of sulfonamides is 1. The van der Waals surface area contributed by atoms with Crippen LogP contribution in [0.25, 0.3) is 10.4 Å². The third-order valence-corrected chi connectivity index (χ3v) is 2.54. The summed E-state index contributed by atoms with van der Waals surface area (Å²) < 4.78 is 23.1. The highest BCUT2D eigenvalue weighted by Crippen LogP contribution is 2.13. The van der Waals surface area contributed by atoms with E-state index in [1.807, 2.05) is 0 Å². The standard InChI is InChI=1S/C5H6N6O3S/c1-11-5(15(7,13)14)3(2-8-11)4(12)9-10-6/h2H,1H3,(H2,7,13,14). The lowest BCUT2D eigenvalue weighted by Crippen LogP contribution is -2.19. The van der Waals surface area contributed by atoms with Gasteiger partial charge in [0.25, 0.3) is 15.9 Å². The molecule has 1 amide bonds. The van der Waals surface area contributed by atoms with Crippen LogP contribution in [0.3, 0.4) is 0 Å². The largest absolute Gasteiger partial charge is 0.287 e. The van der Waals surface area contributed by atoms with Crippen LogP contribution in [-0.4, -0.2) is 24.1 Å². The topological polar surface area (TPSA) is 144 Å². The van der Waals surface area contributed by atoms with E-state index in [4.69, 9.17) is 10.7 Å². The summed E-state index contributed by atoms with van der Waals surface area (Å²) in [6, 6.07) is 0. The van der Waals surface area contributed by atoms with E-state index in [-0.39, 0.29) is 5.56 Å². The number of aromatic nitrogens is 2. The second kappa shape index (κ2) is 3.69. The number of hydrogen-bond donors (Lipinski definition) is 1. The Bertz CT molecular complexity index is 551. The van der Waals surface area contributed by atoms with Gasteiger partial charge in [-0.25, -0.2) is 13.6 Å². The molecular weight excluding hydrogens is 224 g/mol. The van der Waals surface area contributed by atoms with E-state index >= 15 is 0 Å². The summed E-state index contributed by atoms with van der Waals surface area (Å²) in [6.45, 7) is 0. The van der Waals surface area contributed by atoms with Crippen LogP contribution >= 0.6 is 0 Å². The number of rotatable bonds is 2. The molecular formula is C5H6N6O3S. The van der Waals surface area contributed by atoms with Gasteiger partial charge < -0.3 is 0 Å². The van der Waals surface area contributed by atoms with Gasteiger partial charge >= 0.3 is 0 Å². The molecule has 0 aliphatic rings. The predicted octanol–water partition coefficient (Wildman–Crippen LogP) is -0.482. The average Bonchev–Trinajstić information content (AvgIpc) is 2.46. The summed E-state index contributed by atoms with van der Waals surface area (Å²) in [7, 11) is -2.79. The van der Waals surface area contributed by atoms with Crippen LogP contribution in [0.1, 0.15) is 10.4 Å². The van der Waals surface area contributed by atoms with Crippen LogP contribution in [0.15, 0.2) is 16.3 Å². The van der Waals surface area contributed by atoms with E-state index in [2.05, 4.69) is 15.1 Å². The zero-order valence-corrected chi connectivity index (χ0v) is 8.34. The van der Waals surface area contributed by atoms with E-state index in [1.165, 1.54) is 7.05 Å². The fraction of sp³-hybridized carbons (Fsp3) is 0.200. The number of carbonyl (C=O) groups excluding carboxylic acids is 1. The quantitative estimate of drug-likeness (QED) is 0.415. The summed E-state index contributed by atoms with van der Waals surface area (Å²) in [5.41, 5.74) is 7.68. The molecule has 0 spiro atoms. The summed E-state index contributed by atoms with van der Waals surface area (Å²) in [4.78, 5) is 13.4. The maximum absolute atomic E-state index is 11.1. The lowest BCUT2D eigenvalue weighted by molar-refractivity contribution is 0.0997. The maximum atomic E-state index is 11.1. The number of nitrogens with two attached hydrogens (primary N) is 1. The molecule has 1 aromatic rings. The van der Waals surface area contributed by atoms with Gasteiger partial charge in [0.1, 0.15) is 0 Å². The van der Waals surface area contributed by atoms with Crippen molar-refractivity contribution in [2.24, 2.45) is 17.3 Å². The molecule has 0 atom stereocenters. The van der Waals surface area contributed by atoms with Crippen LogP contribution in [0.4, 0.5) is 0 Å².